The fourth-order valence-corrected chi connectivity index (χ4v) is 1.12. The molecule has 0 spiro atoms. The molecule has 0 aliphatic carbocycles. The van der Waals surface area contributed by atoms with Crippen molar-refractivity contribution < 1.29 is 5.11 Å². The molecule has 0 amide bonds. The number of nitrogens with two attached hydrogens (primary N) is 1. The molecule has 66 valence electrons. The van der Waals surface area contributed by atoms with Crippen molar-refractivity contribution in [2.45, 2.75) is 26.0 Å². The minimum Gasteiger partial charge on any atom is -0.391 e. The normalized spacial score (nSPS) is 15.7. The zero-order valence-corrected chi connectivity index (χ0v) is 7.36. The Labute approximate surface area is 72.2 Å². The maximum atomic E-state index is 9.25. The molecule has 3 heteroatoms. The molecule has 3 N–H and O–H groups in total. The van der Waals surface area contributed by atoms with Crippen molar-refractivity contribution in [2.24, 2.45) is 5.73 Å². The average Bonchev–Trinajstić information content (AvgIpc) is 2.04. The lowest BCUT2D eigenvalue weighted by Crippen LogP contribution is -2.23. The second-order valence-electron chi connectivity index (χ2n) is 3.00. The predicted octanol–water partition coefficient (Wildman–Crippen LogP) is 0.771. The van der Waals surface area contributed by atoms with Gasteiger partial charge in [0.25, 0.3) is 0 Å². The lowest BCUT2D eigenvalue weighted by atomic mass is 10.0. The van der Waals surface area contributed by atoms with E-state index in [1.807, 2.05) is 13.0 Å². The lowest BCUT2D eigenvalue weighted by molar-refractivity contribution is 0.164. The molecule has 0 saturated carbocycles. The molecular formula is C9H14N2O. The molecule has 0 aliphatic heterocycles. The molecule has 2 atom stereocenters. The summed E-state index contributed by atoms with van der Waals surface area (Å²) in [7, 11) is 0. The molecule has 0 radical (unpaired) electrons. The van der Waals surface area contributed by atoms with Crippen LogP contribution >= 0.6 is 0 Å². The maximum Gasteiger partial charge on any atom is 0.0704 e. The van der Waals surface area contributed by atoms with Gasteiger partial charge in [0, 0.05) is 12.4 Å². The smallest absolute Gasteiger partial charge is 0.0704 e. The topological polar surface area (TPSA) is 59.1 Å². The van der Waals surface area contributed by atoms with Crippen LogP contribution in [0.4, 0.5) is 0 Å². The zero-order chi connectivity index (χ0) is 9.14. The second-order valence-corrected chi connectivity index (χ2v) is 3.00. The third kappa shape index (κ3) is 1.81. The molecule has 0 aromatic carbocycles. The van der Waals surface area contributed by atoms with E-state index in [9.17, 15) is 5.11 Å². The van der Waals surface area contributed by atoms with E-state index in [0.717, 1.165) is 11.1 Å². The highest BCUT2D eigenvalue weighted by molar-refractivity contribution is 5.25. The monoisotopic (exact) mass is 166 g/mol. The van der Waals surface area contributed by atoms with Crippen LogP contribution in [-0.2, 0) is 0 Å². The summed E-state index contributed by atoms with van der Waals surface area (Å²) in [5.41, 5.74) is 7.74. The zero-order valence-electron chi connectivity index (χ0n) is 7.36. The molecule has 1 aromatic rings. The molecule has 0 aliphatic rings. The van der Waals surface area contributed by atoms with Crippen LogP contribution in [0, 0.1) is 6.92 Å². The highest BCUT2D eigenvalue weighted by Crippen LogP contribution is 2.16. The van der Waals surface area contributed by atoms with Crippen molar-refractivity contribution in [3.8, 4) is 0 Å². The maximum absolute atomic E-state index is 9.25. The van der Waals surface area contributed by atoms with Crippen molar-refractivity contribution in [1.29, 1.82) is 0 Å². The van der Waals surface area contributed by atoms with E-state index in [0.29, 0.717) is 0 Å². The van der Waals surface area contributed by atoms with E-state index < -0.39 is 6.10 Å². The van der Waals surface area contributed by atoms with Crippen LogP contribution in [0.2, 0.25) is 0 Å². The van der Waals surface area contributed by atoms with Crippen LogP contribution in [0.25, 0.3) is 0 Å². The number of hydrogen-bond acceptors (Lipinski definition) is 3. The minimum absolute atomic E-state index is 0.312. The molecule has 1 aromatic heterocycles. The van der Waals surface area contributed by atoms with Crippen LogP contribution in [0.5, 0.6) is 0 Å². The Bertz CT molecular complexity index is 260. The van der Waals surface area contributed by atoms with Crippen LogP contribution < -0.4 is 5.73 Å². The number of aliphatic hydroxyl groups excluding tert-OH is 1. The van der Waals surface area contributed by atoms with E-state index in [-0.39, 0.29) is 6.04 Å². The Morgan fingerprint density at radius 2 is 2.25 bits per heavy atom. The molecule has 0 saturated heterocycles. The second kappa shape index (κ2) is 3.65. The summed E-state index contributed by atoms with van der Waals surface area (Å²) < 4.78 is 0. The van der Waals surface area contributed by atoms with Crippen LogP contribution in [0.15, 0.2) is 18.5 Å². The molecule has 3 nitrogen and oxygen atoms in total. The van der Waals surface area contributed by atoms with Crippen molar-refractivity contribution in [1.82, 2.24) is 4.98 Å². The average molecular weight is 166 g/mol. The van der Waals surface area contributed by atoms with Gasteiger partial charge < -0.3 is 10.8 Å². The third-order valence-electron chi connectivity index (χ3n) is 1.94. The van der Waals surface area contributed by atoms with Crippen LogP contribution in [-0.4, -0.2) is 16.2 Å². The van der Waals surface area contributed by atoms with Gasteiger partial charge in [-0.05, 0) is 31.0 Å². The van der Waals surface area contributed by atoms with E-state index in [1.54, 1.807) is 19.3 Å². The standard InChI is InChI=1S/C9H14N2O/c1-6-5-11-4-3-8(6)9(10)7(2)12/h3-5,7,9,12H,10H2,1-2H3. The third-order valence-corrected chi connectivity index (χ3v) is 1.94. The van der Waals surface area contributed by atoms with Crippen molar-refractivity contribution >= 4 is 0 Å². The Hall–Kier alpha value is -0.930. The SMILES string of the molecule is Cc1cnccc1C(N)C(C)O. The molecule has 0 bridgehead atoms. The first kappa shape index (κ1) is 9.16. The number of pyridine rings is 1. The van der Waals surface area contributed by atoms with E-state index >= 15 is 0 Å². The Kier molecular flexibility index (Phi) is 2.78. The number of aromatic nitrogens is 1. The summed E-state index contributed by atoms with van der Waals surface area (Å²) in [6, 6.07) is 1.53. The van der Waals surface area contributed by atoms with Crippen molar-refractivity contribution in [3.63, 3.8) is 0 Å². The van der Waals surface area contributed by atoms with Crippen LogP contribution in [0.1, 0.15) is 24.1 Å². The van der Waals surface area contributed by atoms with Gasteiger partial charge in [-0.25, -0.2) is 0 Å². The summed E-state index contributed by atoms with van der Waals surface area (Å²) in [6.45, 7) is 3.62. The Balaban J connectivity index is 2.94. The molecular weight excluding hydrogens is 152 g/mol. The number of hydrogen-bond donors (Lipinski definition) is 2. The molecule has 0 fully saturated rings. The van der Waals surface area contributed by atoms with Gasteiger partial charge in [-0.1, -0.05) is 0 Å². The van der Waals surface area contributed by atoms with Gasteiger partial charge in [-0.15, -0.1) is 0 Å². The molecule has 1 rings (SSSR count). The number of aliphatic hydroxyl groups is 1. The fraction of sp³-hybridized carbons (Fsp3) is 0.444. The minimum atomic E-state index is -0.522. The number of aryl methyl sites for hydroxylation is 1. The molecule has 1 heterocycles. The molecule has 12 heavy (non-hydrogen) atoms. The van der Waals surface area contributed by atoms with Crippen LogP contribution in [0.3, 0.4) is 0 Å². The van der Waals surface area contributed by atoms with E-state index in [2.05, 4.69) is 4.98 Å². The largest absolute Gasteiger partial charge is 0.391 e. The van der Waals surface area contributed by atoms with Gasteiger partial charge >= 0.3 is 0 Å². The summed E-state index contributed by atoms with van der Waals surface area (Å²) >= 11 is 0. The summed E-state index contributed by atoms with van der Waals surface area (Å²) in [6.07, 6.45) is 2.91. The Morgan fingerprint density at radius 3 is 2.75 bits per heavy atom. The molecule has 2 unspecified atom stereocenters. The predicted molar refractivity (Wildman–Crippen MR) is 47.6 cm³/mol. The highest BCUT2D eigenvalue weighted by atomic mass is 16.3. The Morgan fingerprint density at radius 1 is 1.58 bits per heavy atom. The first-order chi connectivity index (χ1) is 5.63. The first-order valence-corrected chi connectivity index (χ1v) is 3.97. The van der Waals surface area contributed by atoms with Gasteiger partial charge in [-0.3, -0.25) is 4.98 Å². The number of nitrogens with zero attached hydrogens (tertiary/aromatic N) is 1. The highest BCUT2D eigenvalue weighted by Gasteiger charge is 2.13. The van der Waals surface area contributed by atoms with Crippen molar-refractivity contribution in [2.75, 3.05) is 0 Å². The first-order valence-electron chi connectivity index (χ1n) is 3.97. The van der Waals surface area contributed by atoms with Gasteiger partial charge in [0.2, 0.25) is 0 Å². The van der Waals surface area contributed by atoms with Crippen molar-refractivity contribution in [3.05, 3.63) is 29.6 Å². The van der Waals surface area contributed by atoms with Gasteiger partial charge in [-0.2, -0.15) is 0 Å². The number of rotatable bonds is 2. The summed E-state index contributed by atoms with van der Waals surface area (Å²) in [5, 5.41) is 9.25. The lowest BCUT2D eigenvalue weighted by Gasteiger charge is -2.16. The quantitative estimate of drug-likeness (QED) is 0.682. The summed E-state index contributed by atoms with van der Waals surface area (Å²) in [4.78, 5) is 3.95. The summed E-state index contributed by atoms with van der Waals surface area (Å²) in [5.74, 6) is 0. The fourth-order valence-electron chi connectivity index (χ4n) is 1.12. The van der Waals surface area contributed by atoms with E-state index in [1.165, 1.54) is 0 Å². The van der Waals surface area contributed by atoms with E-state index in [4.69, 9.17) is 5.73 Å². The van der Waals surface area contributed by atoms with Gasteiger partial charge in [0.05, 0.1) is 12.1 Å². The van der Waals surface area contributed by atoms with Gasteiger partial charge in [0.15, 0.2) is 0 Å². The van der Waals surface area contributed by atoms with Gasteiger partial charge in [0.1, 0.15) is 0 Å².